The second-order valence-corrected chi connectivity index (χ2v) is 3.95. The van der Waals surface area contributed by atoms with Crippen molar-refractivity contribution in [1.82, 2.24) is 5.16 Å². The Morgan fingerprint density at radius 1 is 1.43 bits per heavy atom. The van der Waals surface area contributed by atoms with Crippen LogP contribution in [-0.4, -0.2) is 11.2 Å². The molecule has 0 amide bonds. The Kier molecular flexibility index (Phi) is 1.54. The molecule has 1 heterocycles. The first-order chi connectivity index (χ1) is 6.83. The standard InChI is InChI=1S/C11H12N2O/c1-7-2-5-9-10(6-7)14-13-11(9)12-8-3-4-8/h2,5-6,8H,3-4H2,1H3,(H,12,13). The summed E-state index contributed by atoms with van der Waals surface area (Å²) in [4.78, 5) is 0. The molecule has 3 rings (SSSR count). The minimum atomic E-state index is 0.615. The van der Waals surface area contributed by atoms with Gasteiger partial charge in [-0.3, -0.25) is 0 Å². The molecule has 0 spiro atoms. The molecule has 0 bridgehead atoms. The van der Waals surface area contributed by atoms with Crippen molar-refractivity contribution in [2.24, 2.45) is 0 Å². The van der Waals surface area contributed by atoms with E-state index in [-0.39, 0.29) is 0 Å². The lowest BCUT2D eigenvalue weighted by Gasteiger charge is -1.97. The molecule has 0 aliphatic heterocycles. The van der Waals surface area contributed by atoms with E-state index in [1.54, 1.807) is 0 Å². The molecule has 1 saturated carbocycles. The fourth-order valence-electron chi connectivity index (χ4n) is 1.57. The predicted molar refractivity (Wildman–Crippen MR) is 55.4 cm³/mol. The minimum Gasteiger partial charge on any atom is -0.364 e. The zero-order valence-corrected chi connectivity index (χ0v) is 8.08. The molecule has 1 aliphatic carbocycles. The van der Waals surface area contributed by atoms with Crippen molar-refractivity contribution in [3.63, 3.8) is 0 Å². The summed E-state index contributed by atoms with van der Waals surface area (Å²) in [6.07, 6.45) is 2.50. The Bertz CT molecular complexity index is 471. The summed E-state index contributed by atoms with van der Waals surface area (Å²) in [7, 11) is 0. The van der Waals surface area contributed by atoms with Gasteiger partial charge in [-0.2, -0.15) is 0 Å². The third-order valence-corrected chi connectivity index (χ3v) is 2.55. The van der Waals surface area contributed by atoms with E-state index in [9.17, 15) is 0 Å². The Morgan fingerprint density at radius 2 is 2.29 bits per heavy atom. The first kappa shape index (κ1) is 7.85. The van der Waals surface area contributed by atoms with Crippen molar-refractivity contribution in [1.29, 1.82) is 0 Å². The second-order valence-electron chi connectivity index (χ2n) is 3.95. The SMILES string of the molecule is Cc1ccc2c(NC3CC3)noc2c1. The average molecular weight is 188 g/mol. The number of hydrogen-bond donors (Lipinski definition) is 1. The zero-order valence-electron chi connectivity index (χ0n) is 8.08. The summed E-state index contributed by atoms with van der Waals surface area (Å²) < 4.78 is 5.25. The van der Waals surface area contributed by atoms with Gasteiger partial charge in [0.2, 0.25) is 0 Å². The molecular weight excluding hydrogens is 176 g/mol. The summed E-state index contributed by atoms with van der Waals surface area (Å²) in [6.45, 7) is 2.05. The maximum Gasteiger partial charge on any atom is 0.177 e. The number of aromatic nitrogens is 1. The number of nitrogens with one attached hydrogen (secondary N) is 1. The van der Waals surface area contributed by atoms with Crippen molar-refractivity contribution < 1.29 is 4.52 Å². The van der Waals surface area contributed by atoms with Gasteiger partial charge in [-0.05, 0) is 37.5 Å². The zero-order chi connectivity index (χ0) is 9.54. The van der Waals surface area contributed by atoms with Crippen LogP contribution in [0.1, 0.15) is 18.4 Å². The highest BCUT2D eigenvalue weighted by atomic mass is 16.5. The Morgan fingerprint density at radius 3 is 3.07 bits per heavy atom. The summed E-state index contributed by atoms with van der Waals surface area (Å²) in [5.74, 6) is 0.891. The predicted octanol–water partition coefficient (Wildman–Crippen LogP) is 2.71. The maximum atomic E-state index is 5.25. The van der Waals surface area contributed by atoms with E-state index in [1.165, 1.54) is 18.4 Å². The molecule has 0 atom stereocenters. The highest BCUT2D eigenvalue weighted by Crippen LogP contribution is 2.29. The average Bonchev–Trinajstić information content (AvgIpc) is 2.89. The quantitative estimate of drug-likeness (QED) is 0.787. The molecule has 1 N–H and O–H groups in total. The molecule has 0 unspecified atom stereocenters. The lowest BCUT2D eigenvalue weighted by molar-refractivity contribution is 0.459. The summed E-state index contributed by atoms with van der Waals surface area (Å²) in [5, 5.41) is 8.47. The fraction of sp³-hybridized carbons (Fsp3) is 0.364. The van der Waals surface area contributed by atoms with E-state index in [0.717, 1.165) is 16.8 Å². The van der Waals surface area contributed by atoms with Gasteiger partial charge in [0, 0.05) is 6.04 Å². The van der Waals surface area contributed by atoms with E-state index in [1.807, 2.05) is 6.07 Å². The molecule has 1 aromatic heterocycles. The van der Waals surface area contributed by atoms with E-state index in [2.05, 4.69) is 29.5 Å². The third-order valence-electron chi connectivity index (χ3n) is 2.55. The van der Waals surface area contributed by atoms with E-state index in [4.69, 9.17) is 4.52 Å². The summed E-state index contributed by atoms with van der Waals surface area (Å²) in [6, 6.07) is 6.77. The number of anilines is 1. The number of fused-ring (bicyclic) bond motifs is 1. The largest absolute Gasteiger partial charge is 0.364 e. The van der Waals surface area contributed by atoms with Crippen LogP contribution in [-0.2, 0) is 0 Å². The van der Waals surface area contributed by atoms with Crippen LogP contribution in [0.5, 0.6) is 0 Å². The number of hydrogen-bond acceptors (Lipinski definition) is 3. The molecule has 0 radical (unpaired) electrons. The minimum absolute atomic E-state index is 0.615. The van der Waals surface area contributed by atoms with Crippen molar-refractivity contribution in [2.45, 2.75) is 25.8 Å². The van der Waals surface area contributed by atoms with Gasteiger partial charge in [0.25, 0.3) is 0 Å². The van der Waals surface area contributed by atoms with Gasteiger partial charge in [0.15, 0.2) is 11.4 Å². The molecule has 1 aliphatic rings. The molecule has 72 valence electrons. The maximum absolute atomic E-state index is 5.25. The van der Waals surface area contributed by atoms with Crippen LogP contribution >= 0.6 is 0 Å². The van der Waals surface area contributed by atoms with Crippen molar-refractivity contribution in [3.05, 3.63) is 23.8 Å². The van der Waals surface area contributed by atoms with Gasteiger partial charge in [0.1, 0.15) is 0 Å². The number of benzene rings is 1. The smallest absolute Gasteiger partial charge is 0.177 e. The van der Waals surface area contributed by atoms with Crippen molar-refractivity contribution in [2.75, 3.05) is 5.32 Å². The second kappa shape index (κ2) is 2.74. The van der Waals surface area contributed by atoms with E-state index < -0.39 is 0 Å². The van der Waals surface area contributed by atoms with Crippen LogP contribution in [0.3, 0.4) is 0 Å². The molecule has 1 aromatic carbocycles. The Balaban J connectivity index is 2.06. The number of rotatable bonds is 2. The molecule has 1 fully saturated rings. The summed E-state index contributed by atoms with van der Waals surface area (Å²) in [5.41, 5.74) is 2.07. The monoisotopic (exact) mass is 188 g/mol. The van der Waals surface area contributed by atoms with Gasteiger partial charge in [-0.15, -0.1) is 0 Å². The topological polar surface area (TPSA) is 38.1 Å². The number of aryl methyl sites for hydroxylation is 1. The van der Waals surface area contributed by atoms with Crippen LogP contribution in [0.2, 0.25) is 0 Å². The fourth-order valence-corrected chi connectivity index (χ4v) is 1.57. The molecule has 2 aromatic rings. The van der Waals surface area contributed by atoms with Gasteiger partial charge >= 0.3 is 0 Å². The Labute approximate surface area is 82.1 Å². The Hall–Kier alpha value is -1.51. The number of nitrogens with zero attached hydrogens (tertiary/aromatic N) is 1. The normalized spacial score (nSPS) is 16.1. The first-order valence-corrected chi connectivity index (χ1v) is 4.95. The molecule has 3 heteroatoms. The highest BCUT2D eigenvalue weighted by Gasteiger charge is 2.23. The lowest BCUT2D eigenvalue weighted by Crippen LogP contribution is -2.00. The van der Waals surface area contributed by atoms with E-state index in [0.29, 0.717) is 6.04 Å². The van der Waals surface area contributed by atoms with Crippen molar-refractivity contribution >= 4 is 16.8 Å². The lowest BCUT2D eigenvalue weighted by atomic mass is 10.2. The molecular formula is C11H12N2O. The highest BCUT2D eigenvalue weighted by molar-refractivity contribution is 5.88. The van der Waals surface area contributed by atoms with Gasteiger partial charge < -0.3 is 9.84 Å². The van der Waals surface area contributed by atoms with Crippen LogP contribution in [0, 0.1) is 6.92 Å². The van der Waals surface area contributed by atoms with Crippen LogP contribution in [0.15, 0.2) is 22.7 Å². The van der Waals surface area contributed by atoms with Crippen LogP contribution in [0.4, 0.5) is 5.82 Å². The first-order valence-electron chi connectivity index (χ1n) is 4.95. The van der Waals surface area contributed by atoms with Crippen LogP contribution in [0.25, 0.3) is 11.0 Å². The van der Waals surface area contributed by atoms with Crippen molar-refractivity contribution in [3.8, 4) is 0 Å². The van der Waals surface area contributed by atoms with Gasteiger partial charge in [0.05, 0.1) is 5.39 Å². The summed E-state index contributed by atoms with van der Waals surface area (Å²) >= 11 is 0. The third kappa shape index (κ3) is 1.25. The molecule has 3 nitrogen and oxygen atoms in total. The van der Waals surface area contributed by atoms with Gasteiger partial charge in [-0.25, -0.2) is 0 Å². The molecule has 14 heavy (non-hydrogen) atoms. The van der Waals surface area contributed by atoms with Crippen LogP contribution < -0.4 is 5.32 Å². The van der Waals surface area contributed by atoms with E-state index >= 15 is 0 Å². The van der Waals surface area contributed by atoms with Gasteiger partial charge in [-0.1, -0.05) is 11.2 Å². The molecule has 0 saturated heterocycles.